The van der Waals surface area contributed by atoms with Gasteiger partial charge >= 0.3 is 0 Å². The molecule has 8 heteroatoms. The first-order valence-corrected chi connectivity index (χ1v) is 8.05. The fraction of sp³-hybridized carbons (Fsp3) is 0.692. The Balaban J connectivity index is 1.93. The first-order valence-electron chi connectivity index (χ1n) is 7.17. The van der Waals surface area contributed by atoms with Crippen LogP contribution >= 0.6 is 11.8 Å². The maximum atomic E-state index is 12.4. The number of aromatic nitrogens is 3. The van der Waals surface area contributed by atoms with Crippen LogP contribution < -0.4 is 5.73 Å². The van der Waals surface area contributed by atoms with Gasteiger partial charge in [0.1, 0.15) is 5.82 Å². The van der Waals surface area contributed by atoms with Gasteiger partial charge in [0.2, 0.25) is 17.0 Å². The van der Waals surface area contributed by atoms with E-state index in [4.69, 9.17) is 5.73 Å². The van der Waals surface area contributed by atoms with Crippen molar-refractivity contribution in [2.45, 2.75) is 43.5 Å². The third-order valence-electron chi connectivity index (χ3n) is 3.61. The average Bonchev–Trinajstić information content (AvgIpc) is 2.94. The lowest BCUT2D eigenvalue weighted by Gasteiger charge is -2.32. The van der Waals surface area contributed by atoms with Gasteiger partial charge in [0.15, 0.2) is 0 Å². The highest BCUT2D eigenvalue weighted by Crippen LogP contribution is 2.24. The van der Waals surface area contributed by atoms with E-state index < -0.39 is 0 Å². The fourth-order valence-corrected chi connectivity index (χ4v) is 3.19. The zero-order valence-corrected chi connectivity index (χ0v) is 13.2. The van der Waals surface area contributed by atoms with Crippen LogP contribution in [0.3, 0.4) is 0 Å². The summed E-state index contributed by atoms with van der Waals surface area (Å²) in [4.78, 5) is 29.7. The van der Waals surface area contributed by atoms with E-state index in [1.807, 2.05) is 13.8 Å². The number of thioether (sulfide) groups is 1. The molecule has 2 atom stereocenters. The monoisotopic (exact) mass is 311 g/mol. The summed E-state index contributed by atoms with van der Waals surface area (Å²) in [7, 11) is 0. The molecule has 21 heavy (non-hydrogen) atoms. The Morgan fingerprint density at radius 3 is 2.95 bits per heavy atom. The lowest BCUT2D eigenvalue weighted by Crippen LogP contribution is -2.46. The highest BCUT2D eigenvalue weighted by molar-refractivity contribution is 8.00. The van der Waals surface area contributed by atoms with Crippen LogP contribution in [0.25, 0.3) is 0 Å². The molecule has 7 nitrogen and oxygen atoms in total. The van der Waals surface area contributed by atoms with Gasteiger partial charge < -0.3 is 10.6 Å². The molecule has 0 bridgehead atoms. The number of nitrogens with zero attached hydrogens (tertiary/aromatic N) is 3. The summed E-state index contributed by atoms with van der Waals surface area (Å²) in [6.45, 7) is 4.93. The van der Waals surface area contributed by atoms with E-state index in [1.54, 1.807) is 4.90 Å². The van der Waals surface area contributed by atoms with Crippen molar-refractivity contribution >= 4 is 23.6 Å². The van der Waals surface area contributed by atoms with Crippen LogP contribution in [0.4, 0.5) is 0 Å². The molecule has 3 N–H and O–H groups in total. The summed E-state index contributed by atoms with van der Waals surface area (Å²) in [5.74, 6) is 0.266. The Hall–Kier alpha value is -1.57. The predicted octanol–water partition coefficient (Wildman–Crippen LogP) is 0.572. The number of nitrogens with two attached hydrogens (primary N) is 1. The number of hydrogen-bond donors (Lipinski definition) is 2. The van der Waals surface area contributed by atoms with E-state index in [2.05, 4.69) is 15.2 Å². The number of amides is 2. The highest BCUT2D eigenvalue weighted by atomic mass is 32.2. The maximum Gasteiger partial charge on any atom is 0.235 e. The molecule has 1 aliphatic heterocycles. The standard InChI is InChI=1S/C13H21N5O2S/c1-3-10-15-13(17-16-10)21-8(2)12(20)18-6-4-5-9(7-18)11(14)19/h8-9H,3-7H2,1-2H3,(H2,14,19)(H,15,16,17). The van der Waals surface area contributed by atoms with Gasteiger partial charge in [0.05, 0.1) is 11.2 Å². The number of nitrogens with one attached hydrogen (secondary N) is 1. The van der Waals surface area contributed by atoms with E-state index >= 15 is 0 Å². The quantitative estimate of drug-likeness (QED) is 0.774. The average molecular weight is 311 g/mol. The first kappa shape index (κ1) is 15.8. The molecule has 2 unspecified atom stereocenters. The fourth-order valence-electron chi connectivity index (χ4n) is 2.36. The molecule has 116 valence electrons. The number of likely N-dealkylation sites (tertiary alicyclic amines) is 1. The number of hydrogen-bond acceptors (Lipinski definition) is 5. The summed E-state index contributed by atoms with van der Waals surface area (Å²) < 4.78 is 0. The molecule has 1 saturated heterocycles. The number of aromatic amines is 1. The molecule has 0 radical (unpaired) electrons. The van der Waals surface area contributed by atoms with Crippen molar-refractivity contribution in [2.24, 2.45) is 11.7 Å². The summed E-state index contributed by atoms with van der Waals surface area (Å²) in [5, 5.41) is 7.21. The minimum absolute atomic E-state index is 0.00815. The van der Waals surface area contributed by atoms with Crippen molar-refractivity contribution < 1.29 is 9.59 Å². The number of carbonyl (C=O) groups is 2. The number of rotatable bonds is 5. The minimum atomic E-state index is -0.325. The Labute approximate surface area is 128 Å². The SMILES string of the molecule is CCc1nc(SC(C)C(=O)N2CCCC(C(N)=O)C2)n[nH]1. The first-order chi connectivity index (χ1) is 10.0. The predicted molar refractivity (Wildman–Crippen MR) is 79.6 cm³/mol. The van der Waals surface area contributed by atoms with Gasteiger partial charge in [-0.05, 0) is 19.8 Å². The molecule has 2 heterocycles. The second-order valence-corrected chi connectivity index (χ2v) is 6.51. The Morgan fingerprint density at radius 2 is 2.33 bits per heavy atom. The van der Waals surface area contributed by atoms with Gasteiger partial charge in [0, 0.05) is 19.5 Å². The van der Waals surface area contributed by atoms with E-state index in [9.17, 15) is 9.59 Å². The van der Waals surface area contributed by atoms with Crippen molar-refractivity contribution in [2.75, 3.05) is 13.1 Å². The largest absolute Gasteiger partial charge is 0.369 e. The second kappa shape index (κ2) is 6.93. The van der Waals surface area contributed by atoms with Gasteiger partial charge in [-0.1, -0.05) is 18.7 Å². The minimum Gasteiger partial charge on any atom is -0.369 e. The molecule has 0 aromatic carbocycles. The Kier molecular flexibility index (Phi) is 5.22. The smallest absolute Gasteiger partial charge is 0.235 e. The molecule has 1 aliphatic rings. The normalized spacial score (nSPS) is 20.3. The summed E-state index contributed by atoms with van der Waals surface area (Å²) in [6, 6.07) is 0. The summed E-state index contributed by atoms with van der Waals surface area (Å²) in [6.07, 6.45) is 2.36. The lowest BCUT2D eigenvalue weighted by atomic mass is 9.97. The Morgan fingerprint density at radius 1 is 1.57 bits per heavy atom. The van der Waals surface area contributed by atoms with Gasteiger partial charge in [0.25, 0.3) is 0 Å². The molecular weight excluding hydrogens is 290 g/mol. The highest BCUT2D eigenvalue weighted by Gasteiger charge is 2.30. The number of aryl methyl sites for hydroxylation is 1. The zero-order chi connectivity index (χ0) is 15.4. The van der Waals surface area contributed by atoms with E-state index in [1.165, 1.54) is 11.8 Å². The lowest BCUT2D eigenvalue weighted by molar-refractivity contribution is -0.134. The maximum absolute atomic E-state index is 12.4. The van der Waals surface area contributed by atoms with Crippen LogP contribution in [0.5, 0.6) is 0 Å². The number of carbonyl (C=O) groups excluding carboxylic acids is 2. The number of H-pyrrole nitrogens is 1. The van der Waals surface area contributed by atoms with Crippen molar-refractivity contribution in [1.29, 1.82) is 0 Å². The van der Waals surface area contributed by atoms with Gasteiger partial charge in [-0.15, -0.1) is 5.10 Å². The van der Waals surface area contributed by atoms with Crippen LogP contribution in [0.2, 0.25) is 0 Å². The zero-order valence-electron chi connectivity index (χ0n) is 12.3. The molecule has 2 rings (SSSR count). The van der Waals surface area contributed by atoms with Crippen LogP contribution in [0.1, 0.15) is 32.5 Å². The third-order valence-corrected chi connectivity index (χ3v) is 4.56. The third kappa shape index (κ3) is 3.96. The van der Waals surface area contributed by atoms with Crippen molar-refractivity contribution in [3.05, 3.63) is 5.82 Å². The molecule has 1 aromatic heterocycles. The van der Waals surface area contributed by atoms with Crippen molar-refractivity contribution in [1.82, 2.24) is 20.1 Å². The van der Waals surface area contributed by atoms with Crippen LogP contribution in [0.15, 0.2) is 5.16 Å². The molecule has 0 aliphatic carbocycles. The number of piperidine rings is 1. The van der Waals surface area contributed by atoms with Crippen LogP contribution in [0, 0.1) is 5.92 Å². The summed E-state index contributed by atoms with van der Waals surface area (Å²) >= 11 is 1.33. The van der Waals surface area contributed by atoms with E-state index in [0.29, 0.717) is 18.2 Å². The summed E-state index contributed by atoms with van der Waals surface area (Å²) in [5.41, 5.74) is 5.34. The molecular formula is C13H21N5O2S. The van der Waals surface area contributed by atoms with E-state index in [-0.39, 0.29) is 23.0 Å². The van der Waals surface area contributed by atoms with E-state index in [0.717, 1.165) is 25.1 Å². The number of primary amides is 1. The second-order valence-electron chi connectivity index (χ2n) is 5.20. The molecule has 2 amide bonds. The molecule has 1 fully saturated rings. The van der Waals surface area contributed by atoms with Crippen molar-refractivity contribution in [3.63, 3.8) is 0 Å². The molecule has 1 aromatic rings. The van der Waals surface area contributed by atoms with Gasteiger partial charge in [-0.3, -0.25) is 14.7 Å². The van der Waals surface area contributed by atoms with Crippen molar-refractivity contribution in [3.8, 4) is 0 Å². The van der Waals surface area contributed by atoms with Crippen LogP contribution in [-0.2, 0) is 16.0 Å². The van der Waals surface area contributed by atoms with Gasteiger partial charge in [-0.25, -0.2) is 4.98 Å². The van der Waals surface area contributed by atoms with Gasteiger partial charge in [-0.2, -0.15) is 0 Å². The molecule has 0 saturated carbocycles. The Bertz CT molecular complexity index is 518. The topological polar surface area (TPSA) is 105 Å². The van der Waals surface area contributed by atoms with Crippen LogP contribution in [-0.4, -0.2) is 50.2 Å². The molecule has 0 spiro atoms.